The van der Waals surface area contributed by atoms with Crippen LogP contribution in [-0.2, 0) is 0 Å². The third-order valence-electron chi connectivity index (χ3n) is 2.55. The van der Waals surface area contributed by atoms with Crippen LogP contribution in [0, 0.1) is 5.92 Å². The van der Waals surface area contributed by atoms with E-state index in [0.717, 1.165) is 13.1 Å². The van der Waals surface area contributed by atoms with Gasteiger partial charge in [-0.05, 0) is 50.8 Å². The van der Waals surface area contributed by atoms with Crippen LogP contribution < -0.4 is 0 Å². The molecule has 1 unspecified atom stereocenters. The van der Waals surface area contributed by atoms with E-state index in [1.165, 1.54) is 25.0 Å². The number of aliphatic hydroxyl groups excluding tert-OH is 1. The first-order valence-corrected chi connectivity index (χ1v) is 6.49. The second kappa shape index (κ2) is 5.89. The highest BCUT2D eigenvalue weighted by molar-refractivity contribution is 7.98. The van der Waals surface area contributed by atoms with Crippen molar-refractivity contribution in [3.05, 3.63) is 0 Å². The highest BCUT2D eigenvalue weighted by Crippen LogP contribution is 2.32. The molecule has 0 radical (unpaired) electrons. The summed E-state index contributed by atoms with van der Waals surface area (Å²) in [6, 6.07) is 0. The van der Waals surface area contributed by atoms with Crippen LogP contribution in [-0.4, -0.2) is 48.3 Å². The third-order valence-corrected chi connectivity index (χ3v) is 3.25. The largest absolute Gasteiger partial charge is 0.392 e. The van der Waals surface area contributed by atoms with E-state index in [-0.39, 0.29) is 6.10 Å². The van der Waals surface area contributed by atoms with Crippen LogP contribution in [0.4, 0.5) is 0 Å². The summed E-state index contributed by atoms with van der Waals surface area (Å²) in [4.78, 5) is 2.25. The standard InChI is InChI=1S/C10H21NOS/c1-11(6-3-7-13-2)8-10(12)9-4-5-9/h9-10,12H,3-8H2,1-2H3. The maximum atomic E-state index is 9.67. The van der Waals surface area contributed by atoms with Crippen LogP contribution in [0.3, 0.4) is 0 Å². The topological polar surface area (TPSA) is 23.5 Å². The van der Waals surface area contributed by atoms with Crippen LogP contribution in [0.2, 0.25) is 0 Å². The molecule has 0 aromatic rings. The number of nitrogens with zero attached hydrogens (tertiary/aromatic N) is 1. The van der Waals surface area contributed by atoms with Crippen molar-refractivity contribution in [2.75, 3.05) is 32.1 Å². The lowest BCUT2D eigenvalue weighted by molar-refractivity contribution is 0.107. The Bertz CT molecular complexity index is 139. The highest BCUT2D eigenvalue weighted by atomic mass is 32.2. The molecule has 1 atom stereocenters. The second-order valence-corrected chi connectivity index (χ2v) is 5.00. The van der Waals surface area contributed by atoms with Crippen molar-refractivity contribution in [2.24, 2.45) is 5.92 Å². The molecule has 1 aliphatic rings. The van der Waals surface area contributed by atoms with Gasteiger partial charge in [-0.3, -0.25) is 0 Å². The Morgan fingerprint density at radius 1 is 1.54 bits per heavy atom. The first kappa shape index (κ1) is 11.3. The summed E-state index contributed by atoms with van der Waals surface area (Å²) in [6.45, 7) is 1.98. The zero-order chi connectivity index (χ0) is 9.68. The van der Waals surface area contributed by atoms with Crippen molar-refractivity contribution in [2.45, 2.75) is 25.4 Å². The van der Waals surface area contributed by atoms with Gasteiger partial charge in [0.25, 0.3) is 0 Å². The Balaban J connectivity index is 1.98. The fraction of sp³-hybridized carbons (Fsp3) is 1.00. The first-order chi connectivity index (χ1) is 6.24. The van der Waals surface area contributed by atoms with Crippen molar-refractivity contribution in [1.29, 1.82) is 0 Å². The van der Waals surface area contributed by atoms with E-state index >= 15 is 0 Å². The van der Waals surface area contributed by atoms with E-state index in [1.54, 1.807) is 0 Å². The van der Waals surface area contributed by atoms with Gasteiger partial charge in [-0.2, -0.15) is 11.8 Å². The molecule has 0 saturated heterocycles. The zero-order valence-corrected chi connectivity index (χ0v) is 9.52. The van der Waals surface area contributed by atoms with Crippen molar-refractivity contribution in [3.63, 3.8) is 0 Å². The molecule has 1 saturated carbocycles. The molecule has 1 rings (SSSR count). The Kier molecular flexibility index (Phi) is 5.14. The number of hydrogen-bond donors (Lipinski definition) is 1. The van der Waals surface area contributed by atoms with Crippen LogP contribution in [0.15, 0.2) is 0 Å². The molecule has 2 nitrogen and oxygen atoms in total. The van der Waals surface area contributed by atoms with Crippen molar-refractivity contribution >= 4 is 11.8 Å². The average molecular weight is 203 g/mol. The van der Waals surface area contributed by atoms with Gasteiger partial charge in [0.05, 0.1) is 6.10 Å². The van der Waals surface area contributed by atoms with Crippen LogP contribution >= 0.6 is 11.8 Å². The van der Waals surface area contributed by atoms with Crippen LogP contribution in [0.25, 0.3) is 0 Å². The maximum absolute atomic E-state index is 9.67. The summed E-state index contributed by atoms with van der Waals surface area (Å²) in [7, 11) is 2.10. The average Bonchev–Trinajstić information content (AvgIpc) is 2.86. The molecule has 0 bridgehead atoms. The van der Waals surface area contributed by atoms with Gasteiger partial charge in [0, 0.05) is 6.54 Å². The summed E-state index contributed by atoms with van der Waals surface area (Å²) in [5.74, 6) is 1.84. The number of likely N-dealkylation sites (N-methyl/N-ethyl adjacent to an activating group) is 1. The number of aliphatic hydroxyl groups is 1. The lowest BCUT2D eigenvalue weighted by atomic mass is 10.2. The molecule has 0 heterocycles. The molecule has 1 fully saturated rings. The minimum Gasteiger partial charge on any atom is -0.392 e. The van der Waals surface area contributed by atoms with E-state index in [1.807, 2.05) is 11.8 Å². The molecular formula is C10H21NOS. The molecule has 3 heteroatoms. The lowest BCUT2D eigenvalue weighted by Gasteiger charge is -2.19. The second-order valence-electron chi connectivity index (χ2n) is 4.01. The van der Waals surface area contributed by atoms with Crippen molar-refractivity contribution in [1.82, 2.24) is 4.90 Å². The Morgan fingerprint density at radius 3 is 2.77 bits per heavy atom. The molecule has 0 aromatic heterocycles. The normalized spacial score (nSPS) is 19.4. The summed E-state index contributed by atoms with van der Waals surface area (Å²) < 4.78 is 0. The van der Waals surface area contributed by atoms with E-state index in [2.05, 4.69) is 18.2 Å². The molecule has 0 spiro atoms. The van der Waals surface area contributed by atoms with E-state index < -0.39 is 0 Å². The van der Waals surface area contributed by atoms with E-state index in [9.17, 15) is 5.11 Å². The molecular weight excluding hydrogens is 182 g/mol. The number of hydrogen-bond acceptors (Lipinski definition) is 3. The Hall–Kier alpha value is 0.270. The van der Waals surface area contributed by atoms with Crippen molar-refractivity contribution in [3.8, 4) is 0 Å². The third kappa shape index (κ3) is 4.89. The Morgan fingerprint density at radius 2 is 2.23 bits per heavy atom. The molecule has 0 aromatic carbocycles. The van der Waals surface area contributed by atoms with E-state index in [0.29, 0.717) is 5.92 Å². The van der Waals surface area contributed by atoms with Gasteiger partial charge < -0.3 is 10.0 Å². The minimum atomic E-state index is -0.0701. The molecule has 13 heavy (non-hydrogen) atoms. The fourth-order valence-electron chi connectivity index (χ4n) is 1.52. The minimum absolute atomic E-state index is 0.0701. The molecule has 78 valence electrons. The predicted molar refractivity (Wildman–Crippen MR) is 59.2 cm³/mol. The van der Waals surface area contributed by atoms with Crippen LogP contribution in [0.5, 0.6) is 0 Å². The van der Waals surface area contributed by atoms with Gasteiger partial charge in [-0.15, -0.1) is 0 Å². The summed E-state index contributed by atoms with van der Waals surface area (Å²) >= 11 is 1.89. The Labute approximate surface area is 85.7 Å². The van der Waals surface area contributed by atoms with Gasteiger partial charge in [0.15, 0.2) is 0 Å². The van der Waals surface area contributed by atoms with Gasteiger partial charge in [-0.25, -0.2) is 0 Å². The van der Waals surface area contributed by atoms with Crippen LogP contribution in [0.1, 0.15) is 19.3 Å². The number of thioether (sulfide) groups is 1. The predicted octanol–water partition coefficient (Wildman–Crippen LogP) is 1.44. The summed E-state index contributed by atoms with van der Waals surface area (Å²) in [6.07, 6.45) is 5.77. The maximum Gasteiger partial charge on any atom is 0.0695 e. The van der Waals surface area contributed by atoms with Gasteiger partial charge in [0.2, 0.25) is 0 Å². The van der Waals surface area contributed by atoms with Crippen molar-refractivity contribution < 1.29 is 5.11 Å². The molecule has 1 aliphatic carbocycles. The lowest BCUT2D eigenvalue weighted by Crippen LogP contribution is -2.31. The molecule has 1 N–H and O–H groups in total. The summed E-state index contributed by atoms with van der Waals surface area (Å²) in [5.41, 5.74) is 0. The first-order valence-electron chi connectivity index (χ1n) is 5.09. The monoisotopic (exact) mass is 203 g/mol. The van der Waals surface area contributed by atoms with E-state index in [4.69, 9.17) is 0 Å². The molecule has 0 amide bonds. The van der Waals surface area contributed by atoms with Gasteiger partial charge in [-0.1, -0.05) is 0 Å². The quantitative estimate of drug-likeness (QED) is 0.633. The fourth-order valence-corrected chi connectivity index (χ4v) is 1.94. The van der Waals surface area contributed by atoms with Gasteiger partial charge in [0.1, 0.15) is 0 Å². The van der Waals surface area contributed by atoms with Gasteiger partial charge >= 0.3 is 0 Å². The number of rotatable bonds is 7. The summed E-state index contributed by atoms with van der Waals surface area (Å²) in [5, 5.41) is 9.67. The smallest absolute Gasteiger partial charge is 0.0695 e. The zero-order valence-electron chi connectivity index (χ0n) is 8.70. The highest BCUT2D eigenvalue weighted by Gasteiger charge is 2.29. The SMILES string of the molecule is CSCCCN(C)CC(O)C1CC1. The molecule has 0 aliphatic heterocycles.